The lowest BCUT2D eigenvalue weighted by atomic mass is 9.48. The molecule has 4 fully saturated rings. The minimum atomic E-state index is -1.09. The third-order valence-electron chi connectivity index (χ3n) is 6.50. The van der Waals surface area contributed by atoms with Crippen LogP contribution in [0.5, 0.6) is 0 Å². The highest BCUT2D eigenvalue weighted by molar-refractivity contribution is 5.87. The third kappa shape index (κ3) is 2.05. The first-order valence-corrected chi connectivity index (χ1v) is 9.00. The number of hydrogen-bond acceptors (Lipinski definition) is 3. The van der Waals surface area contributed by atoms with Crippen molar-refractivity contribution in [3.63, 3.8) is 0 Å². The van der Waals surface area contributed by atoms with Gasteiger partial charge in [-0.05, 0) is 68.4 Å². The molecule has 2 aromatic rings. The molecule has 4 nitrogen and oxygen atoms in total. The second kappa shape index (κ2) is 4.95. The van der Waals surface area contributed by atoms with Crippen LogP contribution < -0.4 is 5.11 Å². The predicted octanol–water partition coefficient (Wildman–Crippen LogP) is 2.70. The average molecular weight is 321 g/mol. The number of carboxylic acid groups (broad SMARTS) is 1. The van der Waals surface area contributed by atoms with Crippen LogP contribution in [0.2, 0.25) is 0 Å². The van der Waals surface area contributed by atoms with E-state index in [0.29, 0.717) is 5.56 Å². The number of carboxylic acids is 1. The Bertz CT molecular complexity index is 758. The Kier molecular flexibility index (Phi) is 2.94. The van der Waals surface area contributed by atoms with Gasteiger partial charge in [0.05, 0.1) is 17.4 Å². The summed E-state index contributed by atoms with van der Waals surface area (Å²) in [4.78, 5) is 11.8. The Morgan fingerprint density at radius 1 is 1.04 bits per heavy atom. The zero-order chi connectivity index (χ0) is 16.3. The number of rotatable bonds is 3. The number of hydrogen-bond donors (Lipinski definition) is 0. The van der Waals surface area contributed by atoms with Gasteiger partial charge in [-0.25, -0.2) is 4.68 Å². The molecule has 4 bridgehead atoms. The van der Waals surface area contributed by atoms with Gasteiger partial charge in [0.15, 0.2) is 0 Å². The highest BCUT2D eigenvalue weighted by Crippen LogP contribution is 2.60. The molecule has 1 aromatic carbocycles. The maximum absolute atomic E-state index is 11.8. The van der Waals surface area contributed by atoms with Crippen molar-refractivity contribution in [2.75, 3.05) is 0 Å². The van der Waals surface area contributed by atoms with Gasteiger partial charge in [-0.1, -0.05) is 18.2 Å². The standard InChI is InChI=1S/C20H22N2O2/c23-19(24)17-12-22(16-4-2-1-3-5-16)21-18(17)20-9-13-6-14(10-20)8-15(7-13)11-20/h1-5,12-15H,6-11H2,(H,23,24)/p-1. The van der Waals surface area contributed by atoms with E-state index in [1.807, 2.05) is 30.3 Å². The Morgan fingerprint density at radius 2 is 1.62 bits per heavy atom. The molecular weight excluding hydrogens is 300 g/mol. The highest BCUT2D eigenvalue weighted by Gasteiger charge is 2.53. The van der Waals surface area contributed by atoms with Crippen LogP contribution in [0.3, 0.4) is 0 Å². The summed E-state index contributed by atoms with van der Waals surface area (Å²) in [5.41, 5.74) is 1.94. The van der Waals surface area contributed by atoms with E-state index in [1.165, 1.54) is 19.3 Å². The van der Waals surface area contributed by atoms with Crippen molar-refractivity contribution in [2.45, 2.75) is 43.9 Å². The van der Waals surface area contributed by atoms with Gasteiger partial charge in [-0.15, -0.1) is 0 Å². The van der Waals surface area contributed by atoms with E-state index < -0.39 is 5.97 Å². The summed E-state index contributed by atoms with van der Waals surface area (Å²) in [6.07, 6.45) is 8.96. The van der Waals surface area contributed by atoms with Crippen LogP contribution in [0.4, 0.5) is 0 Å². The van der Waals surface area contributed by atoms with Crippen molar-refractivity contribution in [1.82, 2.24) is 9.78 Å². The topological polar surface area (TPSA) is 57.9 Å². The normalized spacial score (nSPS) is 33.8. The van der Waals surface area contributed by atoms with E-state index >= 15 is 0 Å². The van der Waals surface area contributed by atoms with Gasteiger partial charge in [0.1, 0.15) is 0 Å². The van der Waals surface area contributed by atoms with E-state index in [1.54, 1.807) is 10.9 Å². The van der Waals surface area contributed by atoms with Crippen LogP contribution in [0.1, 0.15) is 54.6 Å². The molecule has 0 radical (unpaired) electrons. The van der Waals surface area contributed by atoms with E-state index in [2.05, 4.69) is 0 Å². The molecule has 124 valence electrons. The average Bonchev–Trinajstić information content (AvgIpc) is 3.01. The Morgan fingerprint density at radius 3 is 2.17 bits per heavy atom. The van der Waals surface area contributed by atoms with Gasteiger partial charge in [0.2, 0.25) is 0 Å². The molecule has 0 atom stereocenters. The molecule has 6 rings (SSSR count). The minimum absolute atomic E-state index is 0.0375. The molecule has 0 saturated heterocycles. The quantitative estimate of drug-likeness (QED) is 0.873. The number of para-hydroxylation sites is 1. The monoisotopic (exact) mass is 321 g/mol. The molecule has 1 heterocycles. The predicted molar refractivity (Wildman–Crippen MR) is 87.7 cm³/mol. The van der Waals surface area contributed by atoms with Crippen molar-refractivity contribution < 1.29 is 9.90 Å². The van der Waals surface area contributed by atoms with Crippen molar-refractivity contribution in [3.8, 4) is 5.69 Å². The number of carbonyl (C=O) groups excluding carboxylic acids is 1. The maximum Gasteiger partial charge on any atom is 0.0781 e. The Hall–Kier alpha value is -2.10. The van der Waals surface area contributed by atoms with E-state index in [0.717, 1.165) is 48.4 Å². The molecule has 1 aromatic heterocycles. The summed E-state index contributed by atoms with van der Waals surface area (Å²) in [5, 5.41) is 16.6. The highest BCUT2D eigenvalue weighted by atomic mass is 16.4. The van der Waals surface area contributed by atoms with Crippen LogP contribution in [0, 0.1) is 17.8 Å². The SMILES string of the molecule is O=C([O-])c1cn(-c2ccccc2)nc1C12CC3CC(CC(C3)C1)C2. The molecule has 24 heavy (non-hydrogen) atoms. The second-order valence-electron chi connectivity index (χ2n) is 8.16. The number of nitrogens with zero attached hydrogens (tertiary/aromatic N) is 2. The lowest BCUT2D eigenvalue weighted by molar-refractivity contribution is -0.255. The second-order valence-corrected chi connectivity index (χ2v) is 8.16. The fourth-order valence-corrected chi connectivity index (χ4v) is 6.03. The molecule has 0 spiro atoms. The first-order valence-electron chi connectivity index (χ1n) is 9.00. The Labute approximate surface area is 141 Å². The van der Waals surface area contributed by atoms with Gasteiger partial charge in [-0.3, -0.25) is 0 Å². The molecular formula is C20H21N2O2-. The molecule has 0 amide bonds. The van der Waals surface area contributed by atoms with E-state index in [4.69, 9.17) is 5.10 Å². The fraction of sp³-hybridized carbons (Fsp3) is 0.500. The summed E-state index contributed by atoms with van der Waals surface area (Å²) in [6, 6.07) is 9.75. The van der Waals surface area contributed by atoms with Crippen molar-refractivity contribution in [1.29, 1.82) is 0 Å². The first kappa shape index (κ1) is 14.3. The molecule has 0 N–H and O–H groups in total. The van der Waals surface area contributed by atoms with Crippen LogP contribution in [-0.4, -0.2) is 15.7 Å². The van der Waals surface area contributed by atoms with Gasteiger partial charge >= 0.3 is 0 Å². The minimum Gasteiger partial charge on any atom is -0.545 e. The van der Waals surface area contributed by atoms with Gasteiger partial charge in [0.25, 0.3) is 0 Å². The Balaban J connectivity index is 1.63. The van der Waals surface area contributed by atoms with Gasteiger partial charge < -0.3 is 9.90 Å². The first-order chi connectivity index (χ1) is 11.6. The number of aromatic nitrogens is 2. The maximum atomic E-state index is 11.8. The largest absolute Gasteiger partial charge is 0.545 e. The van der Waals surface area contributed by atoms with Crippen LogP contribution in [0.25, 0.3) is 5.69 Å². The summed E-state index contributed by atoms with van der Waals surface area (Å²) < 4.78 is 1.72. The lowest BCUT2D eigenvalue weighted by Gasteiger charge is -2.56. The lowest BCUT2D eigenvalue weighted by Crippen LogP contribution is -2.49. The molecule has 4 heteroatoms. The summed E-state index contributed by atoms with van der Waals surface area (Å²) >= 11 is 0. The molecule has 4 aliphatic carbocycles. The third-order valence-corrected chi connectivity index (χ3v) is 6.50. The van der Waals surface area contributed by atoms with Crippen molar-refractivity contribution >= 4 is 5.97 Å². The van der Waals surface area contributed by atoms with E-state index in [9.17, 15) is 9.90 Å². The van der Waals surface area contributed by atoms with Crippen LogP contribution >= 0.6 is 0 Å². The molecule has 0 unspecified atom stereocenters. The fourth-order valence-electron chi connectivity index (χ4n) is 6.03. The zero-order valence-electron chi connectivity index (χ0n) is 13.6. The molecule has 4 saturated carbocycles. The molecule has 4 aliphatic rings. The van der Waals surface area contributed by atoms with Crippen molar-refractivity contribution in [3.05, 3.63) is 47.8 Å². The number of benzene rings is 1. The summed E-state index contributed by atoms with van der Waals surface area (Å²) in [6.45, 7) is 0. The van der Waals surface area contributed by atoms with E-state index in [-0.39, 0.29) is 5.41 Å². The number of aromatic carboxylic acids is 1. The van der Waals surface area contributed by atoms with Gasteiger partial charge in [0, 0.05) is 17.2 Å². The molecule has 0 aliphatic heterocycles. The van der Waals surface area contributed by atoms with Crippen LogP contribution in [0.15, 0.2) is 36.5 Å². The zero-order valence-corrected chi connectivity index (χ0v) is 13.6. The van der Waals surface area contributed by atoms with Crippen LogP contribution in [-0.2, 0) is 5.41 Å². The summed E-state index contributed by atoms with van der Waals surface area (Å²) in [5.74, 6) is 1.18. The van der Waals surface area contributed by atoms with Gasteiger partial charge in [-0.2, -0.15) is 5.10 Å². The smallest absolute Gasteiger partial charge is 0.0781 e. The number of carbonyl (C=O) groups is 1. The summed E-state index contributed by atoms with van der Waals surface area (Å²) in [7, 11) is 0. The van der Waals surface area contributed by atoms with Crippen molar-refractivity contribution in [2.24, 2.45) is 17.8 Å².